The van der Waals surface area contributed by atoms with Crippen LogP contribution in [0.4, 0.5) is 5.69 Å². The van der Waals surface area contributed by atoms with Crippen LogP contribution >= 0.6 is 24.8 Å². The summed E-state index contributed by atoms with van der Waals surface area (Å²) in [4.78, 5) is 34.6. The largest absolute Gasteiger partial charge is 0.345 e. The second kappa shape index (κ2) is 9.93. The van der Waals surface area contributed by atoms with Crippen LogP contribution < -0.4 is 10.6 Å². The van der Waals surface area contributed by atoms with Crippen LogP contribution in [0.5, 0.6) is 0 Å². The van der Waals surface area contributed by atoms with Gasteiger partial charge >= 0.3 is 0 Å². The van der Waals surface area contributed by atoms with E-state index in [1.54, 1.807) is 48.8 Å². The molecule has 4 rings (SSSR count). The average Bonchev–Trinajstić information content (AvgIpc) is 3.17. The number of carbonyl (C=O) groups excluding carboxylic acids is 2. The molecule has 9 heteroatoms. The number of piperazine rings is 1. The van der Waals surface area contributed by atoms with E-state index < -0.39 is 0 Å². The molecule has 0 radical (unpaired) electrons. The fourth-order valence-electron chi connectivity index (χ4n) is 3.52. The zero-order chi connectivity index (χ0) is 19.7. The van der Waals surface area contributed by atoms with E-state index in [4.69, 9.17) is 0 Å². The number of aromatic nitrogens is 2. The Morgan fingerprint density at radius 1 is 1.10 bits per heavy atom. The van der Waals surface area contributed by atoms with Gasteiger partial charge in [-0.25, -0.2) is 4.98 Å². The Bertz CT molecular complexity index is 1040. The Hall–Kier alpha value is -2.61. The second-order valence-electron chi connectivity index (χ2n) is 7.15. The van der Waals surface area contributed by atoms with Crippen LogP contribution in [0.3, 0.4) is 0 Å². The Kier molecular flexibility index (Phi) is 7.83. The van der Waals surface area contributed by atoms with Crippen molar-refractivity contribution in [1.29, 1.82) is 0 Å². The lowest BCUT2D eigenvalue weighted by Crippen LogP contribution is -2.57. The summed E-state index contributed by atoms with van der Waals surface area (Å²) in [5.41, 5.74) is 3.30. The van der Waals surface area contributed by atoms with Gasteiger partial charge in [0.2, 0.25) is 0 Å². The van der Waals surface area contributed by atoms with E-state index in [0.29, 0.717) is 23.4 Å². The zero-order valence-electron chi connectivity index (χ0n) is 16.7. The van der Waals surface area contributed by atoms with Crippen molar-refractivity contribution in [3.63, 3.8) is 0 Å². The van der Waals surface area contributed by atoms with E-state index in [2.05, 4.69) is 27.5 Å². The van der Waals surface area contributed by atoms with E-state index >= 15 is 0 Å². The molecule has 0 aliphatic carbocycles. The Morgan fingerprint density at radius 3 is 2.70 bits per heavy atom. The molecule has 0 saturated carbocycles. The third-order valence-corrected chi connectivity index (χ3v) is 5.34. The van der Waals surface area contributed by atoms with Gasteiger partial charge in [0.1, 0.15) is 0 Å². The fraction of sp³-hybridized carbons (Fsp3) is 0.286. The molecular formula is C21H25Cl2N5O2. The Balaban J connectivity index is 0.00000160. The number of nitrogens with zero attached hydrogens (tertiary/aromatic N) is 2. The number of H-pyrrole nitrogens is 1. The van der Waals surface area contributed by atoms with Crippen molar-refractivity contribution in [2.75, 3.05) is 18.4 Å². The number of benzene rings is 2. The van der Waals surface area contributed by atoms with Gasteiger partial charge in [-0.15, -0.1) is 24.8 Å². The van der Waals surface area contributed by atoms with Crippen molar-refractivity contribution in [2.45, 2.75) is 25.9 Å². The first-order chi connectivity index (χ1) is 13.5. The fourth-order valence-corrected chi connectivity index (χ4v) is 3.52. The average molecular weight is 450 g/mol. The molecule has 1 aliphatic heterocycles. The number of anilines is 1. The van der Waals surface area contributed by atoms with Crippen molar-refractivity contribution in [1.82, 2.24) is 20.2 Å². The topological polar surface area (TPSA) is 90.1 Å². The first kappa shape index (κ1) is 23.7. The van der Waals surface area contributed by atoms with Crippen LogP contribution in [-0.4, -0.2) is 51.9 Å². The number of hydrogen-bond acceptors (Lipinski definition) is 4. The first-order valence-electron chi connectivity index (χ1n) is 9.42. The molecule has 7 nitrogen and oxygen atoms in total. The minimum atomic E-state index is -0.231. The summed E-state index contributed by atoms with van der Waals surface area (Å²) in [5, 5.41) is 6.25. The highest BCUT2D eigenvalue weighted by atomic mass is 35.5. The maximum Gasteiger partial charge on any atom is 0.255 e. The van der Waals surface area contributed by atoms with Gasteiger partial charge < -0.3 is 20.5 Å². The molecule has 2 aromatic carbocycles. The molecule has 0 spiro atoms. The number of aromatic amines is 1. The Labute approximate surface area is 187 Å². The number of rotatable bonds is 3. The lowest BCUT2D eigenvalue weighted by atomic mass is 10.0. The van der Waals surface area contributed by atoms with Crippen LogP contribution in [0.25, 0.3) is 11.0 Å². The molecule has 3 aromatic rings. The lowest BCUT2D eigenvalue weighted by molar-refractivity contribution is 0.0603. The molecule has 1 aromatic heterocycles. The van der Waals surface area contributed by atoms with Crippen molar-refractivity contribution in [3.05, 3.63) is 59.9 Å². The van der Waals surface area contributed by atoms with Gasteiger partial charge in [0, 0.05) is 42.0 Å². The maximum absolute atomic E-state index is 13.0. The third-order valence-electron chi connectivity index (χ3n) is 5.34. The predicted octanol–water partition coefficient (Wildman–Crippen LogP) is 3.48. The van der Waals surface area contributed by atoms with E-state index in [0.717, 1.165) is 17.6 Å². The van der Waals surface area contributed by atoms with Crippen molar-refractivity contribution in [3.8, 4) is 0 Å². The van der Waals surface area contributed by atoms with Crippen molar-refractivity contribution < 1.29 is 9.59 Å². The van der Waals surface area contributed by atoms with Crippen LogP contribution in [0.2, 0.25) is 0 Å². The smallest absolute Gasteiger partial charge is 0.255 e. The van der Waals surface area contributed by atoms with Gasteiger partial charge in [-0.05, 0) is 50.2 Å². The molecule has 2 heterocycles. The van der Waals surface area contributed by atoms with Gasteiger partial charge in [0.25, 0.3) is 11.8 Å². The minimum absolute atomic E-state index is 0. The number of hydrogen-bond donors (Lipinski definition) is 3. The summed E-state index contributed by atoms with van der Waals surface area (Å²) in [6.07, 6.45) is 1.60. The number of imidazole rings is 1. The highest BCUT2D eigenvalue weighted by molar-refractivity contribution is 6.06. The van der Waals surface area contributed by atoms with Crippen LogP contribution in [0.15, 0.2) is 48.8 Å². The molecule has 1 saturated heterocycles. The van der Waals surface area contributed by atoms with E-state index in [-0.39, 0.29) is 48.7 Å². The molecule has 160 valence electrons. The molecule has 1 aliphatic rings. The minimum Gasteiger partial charge on any atom is -0.345 e. The number of nitrogens with one attached hydrogen (secondary N) is 3. The standard InChI is InChI=1S/C21H23N5O2.2ClH/c1-13-14(2)26(9-8-22-13)21(28)16-4-3-5-17(10-16)25-20(27)15-6-7-18-19(11-15)24-12-23-18;;/h3-7,10-14,22H,8-9H2,1-2H3,(H,23,24)(H,25,27);2*1H. The molecule has 2 unspecified atom stereocenters. The number of halogens is 2. The van der Waals surface area contributed by atoms with Gasteiger partial charge in [-0.1, -0.05) is 6.07 Å². The molecule has 3 N–H and O–H groups in total. The van der Waals surface area contributed by atoms with E-state index in [1.807, 2.05) is 11.8 Å². The third kappa shape index (κ3) is 4.75. The van der Waals surface area contributed by atoms with Crippen molar-refractivity contribution in [2.24, 2.45) is 0 Å². The molecule has 1 fully saturated rings. The van der Waals surface area contributed by atoms with Gasteiger partial charge in [-0.2, -0.15) is 0 Å². The SMILES string of the molecule is CC1NCCN(C(=O)c2cccc(NC(=O)c3ccc4nc[nH]c4c3)c2)C1C.Cl.Cl. The summed E-state index contributed by atoms with van der Waals surface area (Å²) >= 11 is 0. The molecule has 30 heavy (non-hydrogen) atoms. The molecular weight excluding hydrogens is 425 g/mol. The highest BCUT2D eigenvalue weighted by Gasteiger charge is 2.28. The van der Waals surface area contributed by atoms with Crippen molar-refractivity contribution >= 4 is 53.3 Å². The highest BCUT2D eigenvalue weighted by Crippen LogP contribution is 2.18. The zero-order valence-corrected chi connectivity index (χ0v) is 18.3. The molecule has 2 atom stereocenters. The lowest BCUT2D eigenvalue weighted by Gasteiger charge is -2.38. The normalized spacial score (nSPS) is 18.3. The van der Waals surface area contributed by atoms with Gasteiger partial charge in [0.15, 0.2) is 0 Å². The monoisotopic (exact) mass is 449 g/mol. The first-order valence-corrected chi connectivity index (χ1v) is 9.42. The van der Waals surface area contributed by atoms with Gasteiger partial charge in [-0.3, -0.25) is 9.59 Å². The predicted molar refractivity (Wildman–Crippen MR) is 123 cm³/mol. The summed E-state index contributed by atoms with van der Waals surface area (Å²) in [5.74, 6) is -0.249. The summed E-state index contributed by atoms with van der Waals surface area (Å²) in [6, 6.07) is 12.7. The molecule has 2 amide bonds. The maximum atomic E-state index is 13.0. The summed E-state index contributed by atoms with van der Waals surface area (Å²) in [7, 11) is 0. The van der Waals surface area contributed by atoms with E-state index in [1.165, 1.54) is 0 Å². The van der Waals surface area contributed by atoms with Crippen LogP contribution in [0, 0.1) is 0 Å². The number of carbonyl (C=O) groups is 2. The summed E-state index contributed by atoms with van der Waals surface area (Å²) in [6.45, 7) is 5.58. The van der Waals surface area contributed by atoms with Crippen LogP contribution in [0.1, 0.15) is 34.6 Å². The van der Waals surface area contributed by atoms with E-state index in [9.17, 15) is 9.59 Å². The van der Waals surface area contributed by atoms with Crippen LogP contribution in [-0.2, 0) is 0 Å². The number of fused-ring (bicyclic) bond motifs is 1. The van der Waals surface area contributed by atoms with Gasteiger partial charge in [0.05, 0.1) is 17.4 Å². The number of amides is 2. The Morgan fingerprint density at radius 2 is 1.90 bits per heavy atom. The molecule has 0 bridgehead atoms. The second-order valence-corrected chi connectivity index (χ2v) is 7.15. The summed E-state index contributed by atoms with van der Waals surface area (Å²) < 4.78 is 0. The quantitative estimate of drug-likeness (QED) is 0.570.